The molecule has 0 atom stereocenters. The van der Waals surface area contributed by atoms with Crippen LogP contribution in [-0.2, 0) is 6.42 Å². The van der Waals surface area contributed by atoms with Gasteiger partial charge in [-0.2, -0.15) is 0 Å². The van der Waals surface area contributed by atoms with Gasteiger partial charge in [0.15, 0.2) is 0 Å². The molecule has 0 bridgehead atoms. The number of nitrogens with two attached hydrogens (primary N) is 1. The van der Waals surface area contributed by atoms with E-state index in [2.05, 4.69) is 5.32 Å². The molecule has 2 rings (SSSR count). The lowest BCUT2D eigenvalue weighted by Gasteiger charge is -2.09. The molecule has 5 heteroatoms. The summed E-state index contributed by atoms with van der Waals surface area (Å²) >= 11 is 5.79. The molecule has 0 heterocycles. The number of carbonyl (C=O) groups is 1. The molecule has 3 N–H and O–H groups in total. The van der Waals surface area contributed by atoms with E-state index in [1.54, 1.807) is 24.3 Å². The minimum absolute atomic E-state index is 0.246. The zero-order valence-corrected chi connectivity index (χ0v) is 12.4. The van der Waals surface area contributed by atoms with E-state index in [4.69, 9.17) is 17.3 Å². The molecule has 0 saturated heterocycles. The number of halogens is 2. The van der Waals surface area contributed by atoms with Gasteiger partial charge in [-0.1, -0.05) is 17.7 Å². The first-order valence-corrected chi connectivity index (χ1v) is 6.93. The van der Waals surface area contributed by atoms with Crippen molar-refractivity contribution >= 4 is 23.2 Å². The normalized spacial score (nSPS) is 10.4. The summed E-state index contributed by atoms with van der Waals surface area (Å²) in [5.41, 5.74) is 8.37. The van der Waals surface area contributed by atoms with Crippen LogP contribution in [-0.4, -0.2) is 12.5 Å². The second kappa shape index (κ2) is 6.59. The summed E-state index contributed by atoms with van der Waals surface area (Å²) in [6.45, 7) is 2.30. The number of hydrogen-bond donors (Lipinski definition) is 2. The van der Waals surface area contributed by atoms with Crippen molar-refractivity contribution in [3.63, 3.8) is 0 Å². The quantitative estimate of drug-likeness (QED) is 0.851. The van der Waals surface area contributed by atoms with E-state index in [-0.39, 0.29) is 11.7 Å². The fourth-order valence-electron chi connectivity index (χ4n) is 2.09. The second-order valence-electron chi connectivity index (χ2n) is 4.81. The van der Waals surface area contributed by atoms with Gasteiger partial charge in [0.2, 0.25) is 0 Å². The Bertz CT molecular complexity index is 673. The molecule has 0 aliphatic carbocycles. The van der Waals surface area contributed by atoms with E-state index in [1.165, 1.54) is 12.1 Å². The average Bonchev–Trinajstić information content (AvgIpc) is 2.41. The average molecular weight is 307 g/mol. The van der Waals surface area contributed by atoms with Gasteiger partial charge >= 0.3 is 0 Å². The number of rotatable bonds is 4. The molecular formula is C16H16ClFN2O. The van der Waals surface area contributed by atoms with Crippen molar-refractivity contribution in [2.24, 2.45) is 0 Å². The van der Waals surface area contributed by atoms with Crippen LogP contribution < -0.4 is 11.1 Å². The lowest BCUT2D eigenvalue weighted by atomic mass is 10.1. The monoisotopic (exact) mass is 306 g/mol. The van der Waals surface area contributed by atoms with Crippen molar-refractivity contribution in [3.8, 4) is 0 Å². The minimum Gasteiger partial charge on any atom is -0.398 e. The molecule has 21 heavy (non-hydrogen) atoms. The van der Waals surface area contributed by atoms with Crippen LogP contribution in [0, 0.1) is 12.7 Å². The summed E-state index contributed by atoms with van der Waals surface area (Å²) in [5.74, 6) is -0.502. The zero-order chi connectivity index (χ0) is 15.4. The fraction of sp³-hybridized carbons (Fsp3) is 0.188. The van der Waals surface area contributed by atoms with Gasteiger partial charge in [0, 0.05) is 17.3 Å². The first-order chi connectivity index (χ1) is 9.97. The van der Waals surface area contributed by atoms with Gasteiger partial charge in [0.25, 0.3) is 5.91 Å². The third-order valence-electron chi connectivity index (χ3n) is 3.24. The molecule has 0 aliphatic rings. The third kappa shape index (κ3) is 3.95. The van der Waals surface area contributed by atoms with Crippen LogP contribution in [0.4, 0.5) is 10.1 Å². The maximum absolute atomic E-state index is 13.0. The summed E-state index contributed by atoms with van der Waals surface area (Å²) in [6, 6.07) is 9.39. The highest BCUT2D eigenvalue weighted by atomic mass is 35.5. The molecule has 1 amide bonds. The topological polar surface area (TPSA) is 55.1 Å². The molecule has 3 nitrogen and oxygen atoms in total. The van der Waals surface area contributed by atoms with Crippen LogP contribution >= 0.6 is 11.6 Å². The molecule has 0 fully saturated rings. The molecular weight excluding hydrogens is 291 g/mol. The van der Waals surface area contributed by atoms with Crippen molar-refractivity contribution in [2.45, 2.75) is 13.3 Å². The van der Waals surface area contributed by atoms with E-state index >= 15 is 0 Å². The van der Waals surface area contributed by atoms with Gasteiger partial charge in [0.05, 0.1) is 5.56 Å². The van der Waals surface area contributed by atoms with E-state index in [0.717, 1.165) is 11.1 Å². The van der Waals surface area contributed by atoms with Crippen LogP contribution in [0.3, 0.4) is 0 Å². The van der Waals surface area contributed by atoms with Crippen molar-refractivity contribution in [1.82, 2.24) is 5.32 Å². The standard InChI is InChI=1S/C16H16ClFN2O/c1-10-8-13(18)4-2-11(10)6-7-20-16(21)14-5-3-12(17)9-15(14)19/h2-5,8-9H,6-7,19H2,1H3,(H,20,21). The molecule has 0 saturated carbocycles. The lowest BCUT2D eigenvalue weighted by molar-refractivity contribution is 0.0955. The lowest BCUT2D eigenvalue weighted by Crippen LogP contribution is -2.26. The maximum atomic E-state index is 13.0. The van der Waals surface area contributed by atoms with Crippen LogP contribution in [0.1, 0.15) is 21.5 Å². The Labute approximate surface area is 127 Å². The Hall–Kier alpha value is -2.07. The molecule has 110 valence electrons. The molecule has 2 aromatic carbocycles. The summed E-state index contributed by atoms with van der Waals surface area (Å²) in [5, 5.41) is 3.29. The van der Waals surface area contributed by atoms with Crippen molar-refractivity contribution in [3.05, 3.63) is 63.9 Å². The van der Waals surface area contributed by atoms with Gasteiger partial charge in [-0.15, -0.1) is 0 Å². The summed E-state index contributed by atoms with van der Waals surface area (Å²) in [7, 11) is 0. The van der Waals surface area contributed by atoms with Gasteiger partial charge in [-0.05, 0) is 54.8 Å². The van der Waals surface area contributed by atoms with E-state index in [1.807, 2.05) is 6.92 Å². The number of amides is 1. The maximum Gasteiger partial charge on any atom is 0.253 e. The Morgan fingerprint density at radius 1 is 1.29 bits per heavy atom. The minimum atomic E-state index is -0.255. The van der Waals surface area contributed by atoms with Crippen LogP contribution in [0.25, 0.3) is 0 Å². The van der Waals surface area contributed by atoms with Gasteiger partial charge in [0.1, 0.15) is 5.82 Å². The van der Waals surface area contributed by atoms with E-state index in [9.17, 15) is 9.18 Å². The highest BCUT2D eigenvalue weighted by Gasteiger charge is 2.09. The second-order valence-corrected chi connectivity index (χ2v) is 5.24. The number of nitrogens with one attached hydrogen (secondary N) is 1. The van der Waals surface area contributed by atoms with Gasteiger partial charge in [-0.25, -0.2) is 4.39 Å². The smallest absolute Gasteiger partial charge is 0.253 e. The first-order valence-electron chi connectivity index (χ1n) is 6.55. The van der Waals surface area contributed by atoms with E-state index < -0.39 is 0 Å². The molecule has 0 spiro atoms. The number of nitrogen functional groups attached to an aromatic ring is 1. The summed E-state index contributed by atoms with van der Waals surface area (Å²) in [4.78, 5) is 12.0. The van der Waals surface area contributed by atoms with Crippen LogP contribution in [0.2, 0.25) is 5.02 Å². The van der Waals surface area contributed by atoms with Gasteiger partial charge < -0.3 is 11.1 Å². The van der Waals surface area contributed by atoms with Gasteiger partial charge in [-0.3, -0.25) is 4.79 Å². The predicted octanol–water partition coefficient (Wildman–Crippen LogP) is 3.34. The van der Waals surface area contributed by atoms with Crippen molar-refractivity contribution in [1.29, 1.82) is 0 Å². The largest absolute Gasteiger partial charge is 0.398 e. The highest BCUT2D eigenvalue weighted by Crippen LogP contribution is 2.18. The Morgan fingerprint density at radius 3 is 2.71 bits per heavy atom. The third-order valence-corrected chi connectivity index (χ3v) is 3.48. The fourth-order valence-corrected chi connectivity index (χ4v) is 2.27. The summed E-state index contributed by atoms with van der Waals surface area (Å²) < 4.78 is 13.0. The molecule has 0 aromatic heterocycles. The van der Waals surface area contributed by atoms with E-state index in [0.29, 0.717) is 29.2 Å². The molecule has 0 radical (unpaired) electrons. The summed E-state index contributed by atoms with van der Waals surface area (Å²) in [6.07, 6.45) is 0.630. The van der Waals surface area contributed by atoms with Crippen molar-refractivity contribution in [2.75, 3.05) is 12.3 Å². The molecule has 0 aliphatic heterocycles. The number of benzene rings is 2. The Morgan fingerprint density at radius 2 is 2.05 bits per heavy atom. The Kier molecular flexibility index (Phi) is 4.81. The highest BCUT2D eigenvalue weighted by molar-refractivity contribution is 6.31. The Balaban J connectivity index is 1.95. The number of aryl methyl sites for hydroxylation is 1. The number of carbonyl (C=O) groups excluding carboxylic acids is 1. The predicted molar refractivity (Wildman–Crippen MR) is 83.0 cm³/mol. The number of hydrogen-bond acceptors (Lipinski definition) is 2. The molecule has 2 aromatic rings. The first kappa shape index (κ1) is 15.3. The van der Waals surface area contributed by atoms with Crippen LogP contribution in [0.5, 0.6) is 0 Å². The van der Waals surface area contributed by atoms with Crippen molar-refractivity contribution < 1.29 is 9.18 Å². The molecule has 0 unspecified atom stereocenters. The zero-order valence-electron chi connectivity index (χ0n) is 11.6. The van der Waals surface area contributed by atoms with Crippen LogP contribution in [0.15, 0.2) is 36.4 Å². The number of anilines is 1. The SMILES string of the molecule is Cc1cc(F)ccc1CCNC(=O)c1ccc(Cl)cc1N.